The van der Waals surface area contributed by atoms with Gasteiger partial charge in [0.25, 0.3) is 0 Å². The van der Waals surface area contributed by atoms with E-state index in [1.54, 1.807) is 6.20 Å². The van der Waals surface area contributed by atoms with Crippen LogP contribution in [-0.2, 0) is 12.8 Å². The summed E-state index contributed by atoms with van der Waals surface area (Å²) in [4.78, 5) is 4.31. The number of hydrogen-bond donors (Lipinski definition) is 1. The number of nitrogens with one attached hydrogen (secondary N) is 1. The lowest BCUT2D eigenvalue weighted by molar-refractivity contribution is 0.139. The molecule has 0 radical (unpaired) electrons. The fourth-order valence-corrected chi connectivity index (χ4v) is 5.51. The molecule has 1 aliphatic heterocycles. The molecule has 3 aromatic rings. The van der Waals surface area contributed by atoms with Gasteiger partial charge in [-0.05, 0) is 61.9 Å². The molecule has 0 saturated heterocycles. The van der Waals surface area contributed by atoms with Gasteiger partial charge < -0.3 is 10.1 Å². The highest BCUT2D eigenvalue weighted by molar-refractivity contribution is 9.10. The van der Waals surface area contributed by atoms with Gasteiger partial charge in [-0.2, -0.15) is 0 Å². The van der Waals surface area contributed by atoms with Crippen LogP contribution in [0.15, 0.2) is 47.1 Å². The van der Waals surface area contributed by atoms with Crippen LogP contribution in [-0.4, -0.2) is 37.9 Å². The van der Waals surface area contributed by atoms with Crippen molar-refractivity contribution in [1.82, 2.24) is 25.1 Å². The molecular weight excluding hydrogens is 466 g/mol. The third-order valence-electron chi connectivity index (χ3n) is 6.47. The van der Waals surface area contributed by atoms with Crippen LogP contribution in [0, 0.1) is 0 Å². The summed E-state index contributed by atoms with van der Waals surface area (Å²) in [5.41, 5.74) is 2.56. The predicted molar refractivity (Wildman–Crippen MR) is 128 cm³/mol. The van der Waals surface area contributed by atoms with E-state index in [0.717, 1.165) is 60.5 Å². The van der Waals surface area contributed by atoms with Crippen LogP contribution in [0.3, 0.4) is 0 Å². The average molecular weight is 496 g/mol. The molecular formula is C25H30BrN5O. The highest BCUT2D eigenvalue weighted by atomic mass is 79.9. The first kappa shape index (κ1) is 21.6. The highest BCUT2D eigenvalue weighted by Crippen LogP contribution is 2.37. The van der Waals surface area contributed by atoms with E-state index in [1.807, 2.05) is 18.2 Å². The topological polar surface area (TPSA) is 64.9 Å². The van der Waals surface area contributed by atoms with Gasteiger partial charge in [-0.25, -0.2) is 4.98 Å². The van der Waals surface area contributed by atoms with Crippen molar-refractivity contribution in [3.8, 4) is 11.6 Å². The maximum absolute atomic E-state index is 6.11. The Hall–Kier alpha value is -2.25. The zero-order valence-electron chi connectivity index (χ0n) is 18.7. The molecule has 5 rings (SSSR count). The van der Waals surface area contributed by atoms with E-state index >= 15 is 0 Å². The van der Waals surface area contributed by atoms with Crippen molar-refractivity contribution < 1.29 is 4.74 Å². The van der Waals surface area contributed by atoms with Crippen molar-refractivity contribution in [2.24, 2.45) is 0 Å². The zero-order chi connectivity index (χ0) is 22.1. The van der Waals surface area contributed by atoms with Crippen LogP contribution in [0.5, 0.6) is 5.88 Å². The molecule has 6 nitrogen and oxygen atoms in total. The Morgan fingerprint density at radius 2 is 1.91 bits per heavy atom. The summed E-state index contributed by atoms with van der Waals surface area (Å²) in [6.45, 7) is 4.41. The maximum Gasteiger partial charge on any atom is 0.213 e. The van der Waals surface area contributed by atoms with E-state index in [1.165, 1.54) is 11.3 Å². The van der Waals surface area contributed by atoms with Crippen LogP contribution < -0.4 is 10.1 Å². The smallest absolute Gasteiger partial charge is 0.213 e. The summed E-state index contributed by atoms with van der Waals surface area (Å²) in [7, 11) is 0. The van der Waals surface area contributed by atoms with Gasteiger partial charge in [0.05, 0.1) is 5.69 Å². The fraction of sp³-hybridized carbons (Fsp3) is 0.480. The van der Waals surface area contributed by atoms with Gasteiger partial charge in [0.2, 0.25) is 5.88 Å². The van der Waals surface area contributed by atoms with E-state index in [4.69, 9.17) is 9.84 Å². The Morgan fingerprint density at radius 3 is 2.66 bits per heavy atom. The quantitative estimate of drug-likeness (QED) is 0.539. The minimum absolute atomic E-state index is 0.218. The Morgan fingerprint density at radius 1 is 1.06 bits per heavy atom. The molecule has 32 heavy (non-hydrogen) atoms. The number of rotatable bonds is 5. The summed E-state index contributed by atoms with van der Waals surface area (Å²) in [5, 5.41) is 13.1. The number of halogens is 1. The number of benzene rings is 1. The van der Waals surface area contributed by atoms with Crippen molar-refractivity contribution in [3.63, 3.8) is 0 Å². The van der Waals surface area contributed by atoms with Crippen LogP contribution >= 0.6 is 15.9 Å². The minimum Gasteiger partial charge on any atom is -0.474 e. The van der Waals surface area contributed by atoms with Gasteiger partial charge in [0, 0.05) is 41.2 Å². The van der Waals surface area contributed by atoms with E-state index in [0.29, 0.717) is 18.0 Å². The van der Waals surface area contributed by atoms with Gasteiger partial charge >= 0.3 is 0 Å². The van der Waals surface area contributed by atoms with Crippen molar-refractivity contribution in [2.45, 2.75) is 76.5 Å². The Labute approximate surface area is 197 Å². The molecule has 0 bridgehead atoms. The van der Waals surface area contributed by atoms with Crippen LogP contribution in [0.4, 0.5) is 0 Å². The lowest BCUT2D eigenvalue weighted by atomic mass is 9.86. The Bertz CT molecular complexity index is 1060. The van der Waals surface area contributed by atoms with Gasteiger partial charge in [-0.1, -0.05) is 35.8 Å². The summed E-state index contributed by atoms with van der Waals surface area (Å²) in [6.07, 6.45) is 7.99. The highest BCUT2D eigenvalue weighted by Gasteiger charge is 2.31. The summed E-state index contributed by atoms with van der Waals surface area (Å²) in [6, 6.07) is 13.2. The Balaban J connectivity index is 1.39. The molecule has 1 unspecified atom stereocenters. The van der Waals surface area contributed by atoms with Crippen molar-refractivity contribution in [3.05, 3.63) is 64.3 Å². The number of fused-ring (bicyclic) bond motifs is 3. The standard InChI is InChI=1S/C25H30BrN5O/c1-16(2)28-20-14-18-13-19(26)8-11-22(18)31-23(15-20)29-30-25(31)17-6-9-21(10-7-17)32-24-5-3-4-12-27-24/h3-5,8,11-13,16-17,20-21,28H,6-7,9-10,14-15H2,1-2H3. The maximum atomic E-state index is 6.11. The molecule has 0 spiro atoms. The molecule has 1 aliphatic carbocycles. The molecule has 7 heteroatoms. The fourth-order valence-electron chi connectivity index (χ4n) is 5.10. The second-order valence-electron chi connectivity index (χ2n) is 9.27. The number of pyridine rings is 1. The van der Waals surface area contributed by atoms with E-state index in [2.05, 4.69) is 67.9 Å². The SMILES string of the molecule is CC(C)NC1Cc2cc(Br)ccc2-n2c(nnc2C2CCC(Oc3ccccn3)CC2)C1. The summed E-state index contributed by atoms with van der Waals surface area (Å²) < 4.78 is 9.56. The predicted octanol–water partition coefficient (Wildman–Crippen LogP) is 5.00. The zero-order valence-corrected chi connectivity index (χ0v) is 20.3. The van der Waals surface area contributed by atoms with E-state index in [9.17, 15) is 0 Å². The van der Waals surface area contributed by atoms with Crippen molar-refractivity contribution >= 4 is 15.9 Å². The molecule has 3 heterocycles. The van der Waals surface area contributed by atoms with E-state index < -0.39 is 0 Å². The van der Waals surface area contributed by atoms with Gasteiger partial charge in [0.15, 0.2) is 0 Å². The van der Waals surface area contributed by atoms with Crippen molar-refractivity contribution in [1.29, 1.82) is 0 Å². The molecule has 168 valence electrons. The monoisotopic (exact) mass is 495 g/mol. The second-order valence-corrected chi connectivity index (χ2v) is 10.2. The lowest BCUT2D eigenvalue weighted by Crippen LogP contribution is -2.37. The third kappa shape index (κ3) is 4.59. The molecule has 2 aliphatic rings. The summed E-state index contributed by atoms with van der Waals surface area (Å²) >= 11 is 3.67. The van der Waals surface area contributed by atoms with Gasteiger partial charge in [0.1, 0.15) is 17.8 Å². The number of nitrogens with zero attached hydrogens (tertiary/aromatic N) is 4. The first-order chi connectivity index (χ1) is 15.6. The first-order valence-corrected chi connectivity index (χ1v) is 12.4. The van der Waals surface area contributed by atoms with Gasteiger partial charge in [-0.3, -0.25) is 4.57 Å². The molecule has 1 N–H and O–H groups in total. The molecule has 2 aromatic heterocycles. The molecule has 1 aromatic carbocycles. The summed E-state index contributed by atoms with van der Waals surface area (Å²) in [5.74, 6) is 3.28. The minimum atomic E-state index is 0.218. The molecule has 1 saturated carbocycles. The normalized spacial score (nSPS) is 22.8. The average Bonchev–Trinajstić information content (AvgIpc) is 3.11. The van der Waals surface area contributed by atoms with E-state index in [-0.39, 0.29) is 6.10 Å². The number of hydrogen-bond acceptors (Lipinski definition) is 5. The van der Waals surface area contributed by atoms with Crippen LogP contribution in [0.1, 0.15) is 62.7 Å². The molecule has 0 amide bonds. The Kier molecular flexibility index (Phi) is 6.28. The largest absolute Gasteiger partial charge is 0.474 e. The van der Waals surface area contributed by atoms with Crippen molar-refractivity contribution in [2.75, 3.05) is 0 Å². The van der Waals surface area contributed by atoms with Crippen LogP contribution in [0.2, 0.25) is 0 Å². The van der Waals surface area contributed by atoms with Gasteiger partial charge in [-0.15, -0.1) is 10.2 Å². The molecule has 1 fully saturated rings. The lowest BCUT2D eigenvalue weighted by Gasteiger charge is -2.28. The molecule has 1 atom stereocenters. The first-order valence-electron chi connectivity index (χ1n) is 11.6. The third-order valence-corrected chi connectivity index (χ3v) is 6.96. The number of ether oxygens (including phenoxy) is 1. The second kappa shape index (κ2) is 9.32. The number of aromatic nitrogens is 4. The van der Waals surface area contributed by atoms with Crippen LogP contribution in [0.25, 0.3) is 5.69 Å².